The third-order valence-corrected chi connectivity index (χ3v) is 4.12. The molecule has 0 aliphatic heterocycles. The van der Waals surface area contributed by atoms with Gasteiger partial charge in [-0.05, 0) is 43.7 Å². The Morgan fingerprint density at radius 3 is 2.79 bits per heavy atom. The van der Waals surface area contributed by atoms with Crippen molar-refractivity contribution in [2.24, 2.45) is 11.8 Å². The molecule has 0 saturated heterocycles. The average molecular weight is 266 g/mol. The molecule has 3 N–H and O–H groups in total. The SMILES string of the molecule is CCOC(C1CCCCC1)C(Cc1ccoc1)NN. The number of nitrogens with two attached hydrogens (primary N) is 1. The Balaban J connectivity index is 2.01. The van der Waals surface area contributed by atoms with E-state index >= 15 is 0 Å². The van der Waals surface area contributed by atoms with Crippen LogP contribution in [0.15, 0.2) is 23.0 Å². The highest BCUT2D eigenvalue weighted by molar-refractivity contribution is 5.08. The Morgan fingerprint density at radius 2 is 2.21 bits per heavy atom. The monoisotopic (exact) mass is 266 g/mol. The molecule has 0 amide bonds. The lowest BCUT2D eigenvalue weighted by Crippen LogP contribution is -2.50. The van der Waals surface area contributed by atoms with Crippen LogP contribution in [0.2, 0.25) is 0 Å². The molecular weight excluding hydrogens is 240 g/mol. The van der Waals surface area contributed by atoms with E-state index in [9.17, 15) is 0 Å². The van der Waals surface area contributed by atoms with Crippen LogP contribution in [-0.4, -0.2) is 18.8 Å². The van der Waals surface area contributed by atoms with E-state index in [0.717, 1.165) is 13.0 Å². The molecule has 1 aromatic rings. The normalized spacial score (nSPS) is 20.3. The number of furan rings is 1. The van der Waals surface area contributed by atoms with Crippen molar-refractivity contribution in [2.45, 2.75) is 57.6 Å². The van der Waals surface area contributed by atoms with Crippen LogP contribution in [-0.2, 0) is 11.2 Å². The maximum atomic E-state index is 6.01. The molecule has 2 atom stereocenters. The lowest BCUT2D eigenvalue weighted by molar-refractivity contribution is -0.0175. The fourth-order valence-corrected chi connectivity index (χ4v) is 3.17. The van der Waals surface area contributed by atoms with Crippen molar-refractivity contribution in [3.8, 4) is 0 Å². The highest BCUT2D eigenvalue weighted by Gasteiger charge is 2.30. The van der Waals surface area contributed by atoms with Crippen LogP contribution in [0.1, 0.15) is 44.6 Å². The van der Waals surface area contributed by atoms with Gasteiger partial charge in [-0.3, -0.25) is 11.3 Å². The first-order chi connectivity index (χ1) is 9.35. The summed E-state index contributed by atoms with van der Waals surface area (Å²) >= 11 is 0. The first-order valence-corrected chi connectivity index (χ1v) is 7.44. The first kappa shape index (κ1) is 14.6. The molecule has 1 fully saturated rings. The molecule has 4 nitrogen and oxygen atoms in total. The summed E-state index contributed by atoms with van der Waals surface area (Å²) in [5, 5.41) is 0. The van der Waals surface area contributed by atoms with Gasteiger partial charge in [0.25, 0.3) is 0 Å². The van der Waals surface area contributed by atoms with Gasteiger partial charge in [0.05, 0.1) is 24.7 Å². The maximum Gasteiger partial charge on any atom is 0.0935 e. The van der Waals surface area contributed by atoms with Gasteiger partial charge in [0.2, 0.25) is 0 Å². The summed E-state index contributed by atoms with van der Waals surface area (Å²) in [5.74, 6) is 6.39. The summed E-state index contributed by atoms with van der Waals surface area (Å²) in [4.78, 5) is 0. The second kappa shape index (κ2) is 7.68. The van der Waals surface area contributed by atoms with Crippen LogP contribution in [0, 0.1) is 5.92 Å². The molecule has 2 unspecified atom stereocenters. The van der Waals surface area contributed by atoms with Gasteiger partial charge in [-0.2, -0.15) is 0 Å². The van der Waals surface area contributed by atoms with Gasteiger partial charge >= 0.3 is 0 Å². The highest BCUT2D eigenvalue weighted by Crippen LogP contribution is 2.30. The molecule has 2 rings (SSSR count). The number of hydrogen-bond acceptors (Lipinski definition) is 4. The molecule has 1 aromatic heterocycles. The molecule has 1 aliphatic carbocycles. The zero-order chi connectivity index (χ0) is 13.5. The molecule has 1 saturated carbocycles. The minimum absolute atomic E-state index is 0.153. The summed E-state index contributed by atoms with van der Waals surface area (Å²) in [7, 11) is 0. The highest BCUT2D eigenvalue weighted by atomic mass is 16.5. The summed E-state index contributed by atoms with van der Waals surface area (Å²) < 4.78 is 11.1. The largest absolute Gasteiger partial charge is 0.472 e. The predicted molar refractivity (Wildman–Crippen MR) is 75.5 cm³/mol. The Kier molecular flexibility index (Phi) is 5.89. The van der Waals surface area contributed by atoms with Crippen LogP contribution < -0.4 is 11.3 Å². The van der Waals surface area contributed by atoms with E-state index in [4.69, 9.17) is 15.0 Å². The van der Waals surface area contributed by atoms with Crippen molar-refractivity contribution in [2.75, 3.05) is 6.61 Å². The number of rotatable bonds is 7. The maximum absolute atomic E-state index is 6.01. The van der Waals surface area contributed by atoms with Crippen LogP contribution in [0.4, 0.5) is 0 Å². The van der Waals surface area contributed by atoms with E-state index in [-0.39, 0.29) is 12.1 Å². The topological polar surface area (TPSA) is 60.4 Å². The van der Waals surface area contributed by atoms with Gasteiger partial charge in [0.1, 0.15) is 0 Å². The van der Waals surface area contributed by atoms with E-state index in [1.54, 1.807) is 12.5 Å². The molecule has 0 aromatic carbocycles. The van der Waals surface area contributed by atoms with Crippen LogP contribution in [0.3, 0.4) is 0 Å². The molecule has 1 aliphatic rings. The zero-order valence-electron chi connectivity index (χ0n) is 11.8. The lowest BCUT2D eigenvalue weighted by Gasteiger charge is -2.35. The Bertz CT molecular complexity index is 334. The minimum Gasteiger partial charge on any atom is -0.472 e. The zero-order valence-corrected chi connectivity index (χ0v) is 11.8. The van der Waals surface area contributed by atoms with E-state index in [2.05, 4.69) is 12.3 Å². The minimum atomic E-state index is 0.153. The van der Waals surface area contributed by atoms with Crippen LogP contribution in [0.5, 0.6) is 0 Å². The van der Waals surface area contributed by atoms with E-state index in [0.29, 0.717) is 5.92 Å². The fourth-order valence-electron chi connectivity index (χ4n) is 3.17. The second-order valence-electron chi connectivity index (χ2n) is 5.43. The van der Waals surface area contributed by atoms with Crippen molar-refractivity contribution in [1.29, 1.82) is 0 Å². The van der Waals surface area contributed by atoms with Crippen molar-refractivity contribution < 1.29 is 9.15 Å². The molecule has 0 bridgehead atoms. The first-order valence-electron chi connectivity index (χ1n) is 7.44. The molecule has 108 valence electrons. The van der Waals surface area contributed by atoms with Crippen molar-refractivity contribution in [1.82, 2.24) is 5.43 Å². The summed E-state index contributed by atoms with van der Waals surface area (Å²) in [6.45, 7) is 2.80. The van der Waals surface area contributed by atoms with E-state index < -0.39 is 0 Å². The molecule has 4 heteroatoms. The Labute approximate surface area is 115 Å². The third kappa shape index (κ3) is 4.06. The molecule has 0 spiro atoms. The van der Waals surface area contributed by atoms with Gasteiger partial charge in [-0.1, -0.05) is 19.3 Å². The number of ether oxygens (including phenoxy) is 1. The average Bonchev–Trinajstić information content (AvgIpc) is 2.96. The second-order valence-corrected chi connectivity index (χ2v) is 5.43. The van der Waals surface area contributed by atoms with Gasteiger partial charge < -0.3 is 9.15 Å². The van der Waals surface area contributed by atoms with Gasteiger partial charge in [-0.25, -0.2) is 0 Å². The van der Waals surface area contributed by atoms with Crippen molar-refractivity contribution >= 4 is 0 Å². The Morgan fingerprint density at radius 1 is 1.42 bits per heavy atom. The number of hydrazine groups is 1. The van der Waals surface area contributed by atoms with Crippen molar-refractivity contribution in [3.63, 3.8) is 0 Å². The van der Waals surface area contributed by atoms with Crippen LogP contribution >= 0.6 is 0 Å². The fraction of sp³-hybridized carbons (Fsp3) is 0.733. The molecular formula is C15H26N2O2. The lowest BCUT2D eigenvalue weighted by atomic mass is 9.81. The quantitative estimate of drug-likeness (QED) is 0.588. The molecule has 19 heavy (non-hydrogen) atoms. The summed E-state index contributed by atoms with van der Waals surface area (Å²) in [6, 6.07) is 2.15. The Hall–Kier alpha value is -0.840. The van der Waals surface area contributed by atoms with Crippen molar-refractivity contribution in [3.05, 3.63) is 24.2 Å². The van der Waals surface area contributed by atoms with E-state index in [1.807, 2.05) is 6.07 Å². The van der Waals surface area contributed by atoms with E-state index in [1.165, 1.54) is 37.7 Å². The van der Waals surface area contributed by atoms with Crippen LogP contribution in [0.25, 0.3) is 0 Å². The molecule has 0 radical (unpaired) electrons. The summed E-state index contributed by atoms with van der Waals surface area (Å²) in [6.07, 6.45) is 11.1. The van der Waals surface area contributed by atoms with Gasteiger partial charge in [0.15, 0.2) is 0 Å². The number of hydrogen-bond donors (Lipinski definition) is 2. The smallest absolute Gasteiger partial charge is 0.0935 e. The number of nitrogens with one attached hydrogen (secondary N) is 1. The predicted octanol–water partition coefficient (Wildman–Crippen LogP) is 2.64. The van der Waals surface area contributed by atoms with Gasteiger partial charge in [0, 0.05) is 6.61 Å². The third-order valence-electron chi connectivity index (χ3n) is 4.12. The summed E-state index contributed by atoms with van der Waals surface area (Å²) in [5.41, 5.74) is 4.13. The standard InChI is InChI=1S/C15H26N2O2/c1-2-19-15(13-6-4-3-5-7-13)14(17-16)10-12-8-9-18-11-12/h8-9,11,13-15,17H,2-7,10,16H2,1H3. The molecule has 1 heterocycles. The van der Waals surface area contributed by atoms with Gasteiger partial charge in [-0.15, -0.1) is 0 Å².